The minimum atomic E-state index is -3.21. The van der Waals surface area contributed by atoms with E-state index in [1.54, 1.807) is 0 Å². The number of nitrogens with one attached hydrogen (secondary N) is 1. The fraction of sp³-hybridized carbons (Fsp3) is 0.600. The Labute approximate surface area is 127 Å². The summed E-state index contributed by atoms with van der Waals surface area (Å²) in [4.78, 5) is 2.34. The molecule has 1 saturated heterocycles. The molecule has 1 heterocycles. The molecule has 1 aromatic carbocycles. The summed E-state index contributed by atoms with van der Waals surface area (Å²) in [5.74, 6) is 0.180. The van der Waals surface area contributed by atoms with Crippen LogP contribution in [0.2, 0.25) is 0 Å². The Balaban J connectivity index is 1.89. The Morgan fingerprint density at radius 3 is 2.48 bits per heavy atom. The average Bonchev–Trinajstić information content (AvgIpc) is 2.48. The van der Waals surface area contributed by atoms with Crippen molar-refractivity contribution in [1.82, 2.24) is 4.90 Å². The minimum Gasteiger partial charge on any atom is -0.379 e. The van der Waals surface area contributed by atoms with E-state index in [-0.39, 0.29) is 5.75 Å². The van der Waals surface area contributed by atoms with E-state index >= 15 is 0 Å². The van der Waals surface area contributed by atoms with E-state index in [4.69, 9.17) is 4.74 Å². The molecule has 118 valence electrons. The topological polar surface area (TPSA) is 58.6 Å². The summed E-state index contributed by atoms with van der Waals surface area (Å²) in [7, 11) is -3.21. The molecule has 1 fully saturated rings. The van der Waals surface area contributed by atoms with Crippen molar-refractivity contribution in [2.24, 2.45) is 0 Å². The van der Waals surface area contributed by atoms with Gasteiger partial charge in [-0.3, -0.25) is 9.62 Å². The van der Waals surface area contributed by atoms with Crippen LogP contribution in [0.4, 0.5) is 5.69 Å². The van der Waals surface area contributed by atoms with Crippen LogP contribution in [0.15, 0.2) is 24.3 Å². The Kier molecular flexibility index (Phi) is 6.02. The monoisotopic (exact) mass is 312 g/mol. The van der Waals surface area contributed by atoms with Gasteiger partial charge in [-0.05, 0) is 24.1 Å². The van der Waals surface area contributed by atoms with Crippen LogP contribution < -0.4 is 4.72 Å². The highest BCUT2D eigenvalue weighted by Gasteiger charge is 2.12. The lowest BCUT2D eigenvalue weighted by Gasteiger charge is -2.26. The second-order valence-corrected chi connectivity index (χ2v) is 7.20. The molecule has 0 spiro atoms. The van der Waals surface area contributed by atoms with Gasteiger partial charge in [0.15, 0.2) is 0 Å². The lowest BCUT2D eigenvalue weighted by atomic mass is 10.2. The Bertz CT molecular complexity index is 522. The molecule has 1 aliphatic rings. The van der Waals surface area contributed by atoms with Gasteiger partial charge in [-0.2, -0.15) is 0 Å². The summed E-state index contributed by atoms with van der Waals surface area (Å²) < 4.78 is 31.6. The summed E-state index contributed by atoms with van der Waals surface area (Å²) in [6.07, 6.45) is 1.56. The highest BCUT2D eigenvalue weighted by molar-refractivity contribution is 7.92. The van der Waals surface area contributed by atoms with E-state index in [9.17, 15) is 8.42 Å². The van der Waals surface area contributed by atoms with Gasteiger partial charge < -0.3 is 4.74 Å². The molecule has 0 bridgehead atoms. The molecule has 0 atom stereocenters. The molecule has 21 heavy (non-hydrogen) atoms. The molecule has 0 aliphatic carbocycles. The fourth-order valence-electron chi connectivity index (χ4n) is 2.26. The van der Waals surface area contributed by atoms with E-state index in [0.29, 0.717) is 12.1 Å². The van der Waals surface area contributed by atoms with Gasteiger partial charge in [-0.25, -0.2) is 8.42 Å². The lowest BCUT2D eigenvalue weighted by Crippen LogP contribution is -2.35. The Morgan fingerprint density at radius 2 is 1.86 bits per heavy atom. The number of anilines is 1. The smallest absolute Gasteiger partial charge is 0.232 e. The number of rotatable bonds is 7. The van der Waals surface area contributed by atoms with Crippen molar-refractivity contribution in [2.45, 2.75) is 26.3 Å². The van der Waals surface area contributed by atoms with Crippen LogP contribution in [-0.4, -0.2) is 45.4 Å². The zero-order valence-electron chi connectivity index (χ0n) is 12.5. The predicted octanol–water partition coefficient (Wildman–Crippen LogP) is 2.06. The molecule has 0 amide bonds. The Morgan fingerprint density at radius 1 is 1.19 bits per heavy atom. The molecule has 0 saturated carbocycles. The number of hydrogen-bond acceptors (Lipinski definition) is 4. The van der Waals surface area contributed by atoms with Crippen molar-refractivity contribution >= 4 is 15.7 Å². The number of ether oxygens (including phenoxy) is 1. The first-order chi connectivity index (χ1) is 10.1. The Hall–Kier alpha value is -1.11. The highest BCUT2D eigenvalue weighted by Crippen LogP contribution is 2.14. The maximum absolute atomic E-state index is 11.8. The largest absolute Gasteiger partial charge is 0.379 e. The predicted molar refractivity (Wildman–Crippen MR) is 84.9 cm³/mol. The van der Waals surface area contributed by atoms with Crippen LogP contribution in [0.3, 0.4) is 0 Å². The van der Waals surface area contributed by atoms with E-state index < -0.39 is 10.0 Å². The third-order valence-corrected chi connectivity index (χ3v) is 4.88. The quantitative estimate of drug-likeness (QED) is 0.837. The maximum atomic E-state index is 11.8. The summed E-state index contributed by atoms with van der Waals surface area (Å²) in [5, 5.41) is 0. The van der Waals surface area contributed by atoms with Crippen LogP contribution in [0.1, 0.15) is 25.3 Å². The van der Waals surface area contributed by atoms with Crippen LogP contribution >= 0.6 is 0 Å². The van der Waals surface area contributed by atoms with E-state index in [1.165, 1.54) is 5.56 Å². The van der Waals surface area contributed by atoms with Crippen molar-refractivity contribution < 1.29 is 13.2 Å². The fourth-order valence-corrected chi connectivity index (χ4v) is 3.53. The molecule has 0 unspecified atom stereocenters. The van der Waals surface area contributed by atoms with Crippen molar-refractivity contribution in [3.8, 4) is 0 Å². The molecular weight excluding hydrogens is 288 g/mol. The van der Waals surface area contributed by atoms with Crippen molar-refractivity contribution in [3.05, 3.63) is 29.8 Å². The number of hydrogen-bond donors (Lipinski definition) is 1. The lowest BCUT2D eigenvalue weighted by molar-refractivity contribution is 0.0342. The third kappa shape index (κ3) is 5.65. The van der Waals surface area contributed by atoms with Crippen LogP contribution in [0.25, 0.3) is 0 Å². The maximum Gasteiger partial charge on any atom is 0.232 e. The SMILES string of the molecule is CCCCS(=O)(=O)Nc1ccc(CN2CCOCC2)cc1. The molecule has 1 N–H and O–H groups in total. The summed E-state index contributed by atoms with van der Waals surface area (Å²) >= 11 is 0. The van der Waals surface area contributed by atoms with Gasteiger partial charge in [0.05, 0.1) is 19.0 Å². The van der Waals surface area contributed by atoms with Gasteiger partial charge in [0, 0.05) is 25.3 Å². The van der Waals surface area contributed by atoms with Gasteiger partial charge in [0.1, 0.15) is 0 Å². The van der Waals surface area contributed by atoms with Gasteiger partial charge in [0.2, 0.25) is 10.0 Å². The van der Waals surface area contributed by atoms with E-state index in [2.05, 4.69) is 9.62 Å². The van der Waals surface area contributed by atoms with Crippen molar-refractivity contribution in [3.63, 3.8) is 0 Å². The van der Waals surface area contributed by atoms with Gasteiger partial charge in [0.25, 0.3) is 0 Å². The first-order valence-corrected chi connectivity index (χ1v) is 9.14. The van der Waals surface area contributed by atoms with Crippen molar-refractivity contribution in [1.29, 1.82) is 0 Å². The van der Waals surface area contributed by atoms with E-state index in [0.717, 1.165) is 39.3 Å². The second kappa shape index (κ2) is 7.77. The molecular formula is C15H24N2O3S. The van der Waals surface area contributed by atoms with Crippen LogP contribution in [-0.2, 0) is 21.3 Å². The van der Waals surface area contributed by atoms with Gasteiger partial charge in [-0.15, -0.1) is 0 Å². The summed E-state index contributed by atoms with van der Waals surface area (Å²) in [6.45, 7) is 6.34. The van der Waals surface area contributed by atoms with Gasteiger partial charge >= 0.3 is 0 Å². The first kappa shape index (κ1) is 16.3. The molecule has 1 aliphatic heterocycles. The molecule has 5 nitrogen and oxygen atoms in total. The summed E-state index contributed by atoms with van der Waals surface area (Å²) in [5.41, 5.74) is 1.82. The normalized spacial score (nSPS) is 16.8. The van der Waals surface area contributed by atoms with Crippen LogP contribution in [0.5, 0.6) is 0 Å². The van der Waals surface area contributed by atoms with E-state index in [1.807, 2.05) is 31.2 Å². The summed E-state index contributed by atoms with van der Waals surface area (Å²) in [6, 6.07) is 7.62. The number of benzene rings is 1. The number of unbranched alkanes of at least 4 members (excludes halogenated alkanes) is 1. The molecule has 0 radical (unpaired) electrons. The standard InChI is InChI=1S/C15H24N2O3S/c1-2-3-12-21(18,19)16-15-6-4-14(5-7-15)13-17-8-10-20-11-9-17/h4-7,16H,2-3,8-13H2,1H3. The molecule has 1 aromatic rings. The molecule has 0 aromatic heterocycles. The zero-order chi connectivity index (χ0) is 15.1. The third-order valence-electron chi connectivity index (χ3n) is 3.50. The second-order valence-electron chi connectivity index (χ2n) is 5.36. The average molecular weight is 312 g/mol. The van der Waals surface area contributed by atoms with Crippen LogP contribution in [0, 0.1) is 0 Å². The first-order valence-electron chi connectivity index (χ1n) is 7.48. The number of nitrogens with zero attached hydrogens (tertiary/aromatic N) is 1. The van der Waals surface area contributed by atoms with Crippen molar-refractivity contribution in [2.75, 3.05) is 36.8 Å². The number of morpholine rings is 1. The molecule has 6 heteroatoms. The zero-order valence-corrected chi connectivity index (χ0v) is 13.4. The van der Waals surface area contributed by atoms with Gasteiger partial charge in [-0.1, -0.05) is 25.5 Å². The number of sulfonamides is 1. The highest BCUT2D eigenvalue weighted by atomic mass is 32.2. The minimum absolute atomic E-state index is 0.180. The molecule has 2 rings (SSSR count).